The Balaban J connectivity index is 2.68. The Kier molecular flexibility index (Phi) is 9.01. The molecule has 5 nitrogen and oxygen atoms in total. The van der Waals surface area contributed by atoms with E-state index < -0.39 is 0 Å². The molecular weight excluding hydrogens is 268 g/mol. The molecule has 0 aliphatic heterocycles. The molecule has 0 heterocycles. The lowest BCUT2D eigenvalue weighted by Crippen LogP contribution is -2.36. The van der Waals surface area contributed by atoms with Crippen LogP contribution >= 0.6 is 0 Å². The Morgan fingerprint density at radius 2 is 1.71 bits per heavy atom. The zero-order valence-corrected chi connectivity index (χ0v) is 13.4. The molecule has 0 bridgehead atoms. The number of ether oxygens (including phenoxy) is 3. The number of nitrogens with two attached hydrogens (primary N) is 1. The minimum Gasteiger partial charge on any atom is -0.494 e. The van der Waals surface area contributed by atoms with E-state index in [0.29, 0.717) is 19.8 Å². The maximum atomic E-state index is 6.37. The minimum absolute atomic E-state index is 0.0959. The van der Waals surface area contributed by atoms with Crippen LogP contribution in [0.4, 0.5) is 0 Å². The van der Waals surface area contributed by atoms with E-state index in [2.05, 4.69) is 4.90 Å². The van der Waals surface area contributed by atoms with Gasteiger partial charge in [0.25, 0.3) is 0 Å². The second-order valence-corrected chi connectivity index (χ2v) is 4.86. The molecule has 0 saturated carbocycles. The van der Waals surface area contributed by atoms with Crippen LogP contribution in [0.2, 0.25) is 0 Å². The molecule has 0 aliphatic rings. The van der Waals surface area contributed by atoms with Crippen molar-refractivity contribution in [3.8, 4) is 5.75 Å². The molecule has 120 valence electrons. The molecule has 21 heavy (non-hydrogen) atoms. The third kappa shape index (κ3) is 6.44. The van der Waals surface area contributed by atoms with Gasteiger partial charge in [-0.3, -0.25) is 4.90 Å². The molecule has 1 unspecified atom stereocenters. The van der Waals surface area contributed by atoms with Crippen molar-refractivity contribution in [2.75, 3.05) is 53.7 Å². The second-order valence-electron chi connectivity index (χ2n) is 4.86. The molecule has 0 spiro atoms. The average molecular weight is 296 g/mol. The highest BCUT2D eigenvalue weighted by Gasteiger charge is 2.15. The lowest BCUT2D eigenvalue weighted by Gasteiger charge is -2.26. The summed E-state index contributed by atoms with van der Waals surface area (Å²) in [6.45, 7) is 6.41. The maximum Gasteiger partial charge on any atom is 0.124 e. The van der Waals surface area contributed by atoms with Gasteiger partial charge in [0.1, 0.15) is 5.75 Å². The molecular formula is C16H28N2O3. The van der Waals surface area contributed by atoms with Crippen molar-refractivity contribution in [3.63, 3.8) is 0 Å². The standard InChI is InChI=1S/C16H28N2O3/c1-4-21-16-8-6-5-7-14(16)15(17)13-18(9-11-19-2)10-12-20-3/h5-8,15H,4,9-13,17H2,1-3H3. The summed E-state index contributed by atoms with van der Waals surface area (Å²) in [5.41, 5.74) is 7.41. The van der Waals surface area contributed by atoms with Gasteiger partial charge >= 0.3 is 0 Å². The molecule has 5 heteroatoms. The molecule has 1 rings (SSSR count). The fourth-order valence-corrected chi connectivity index (χ4v) is 2.19. The highest BCUT2D eigenvalue weighted by atomic mass is 16.5. The van der Waals surface area contributed by atoms with Gasteiger partial charge in [0, 0.05) is 45.5 Å². The summed E-state index contributed by atoms with van der Waals surface area (Å²) >= 11 is 0. The number of rotatable bonds is 11. The highest BCUT2D eigenvalue weighted by molar-refractivity contribution is 5.35. The van der Waals surface area contributed by atoms with Crippen molar-refractivity contribution in [2.45, 2.75) is 13.0 Å². The molecule has 1 atom stereocenters. The fraction of sp³-hybridized carbons (Fsp3) is 0.625. The Labute approximate surface area is 128 Å². The topological polar surface area (TPSA) is 57.0 Å². The summed E-state index contributed by atoms with van der Waals surface area (Å²) in [4.78, 5) is 2.25. The van der Waals surface area contributed by atoms with E-state index in [4.69, 9.17) is 19.9 Å². The van der Waals surface area contributed by atoms with Crippen LogP contribution in [0, 0.1) is 0 Å². The normalized spacial score (nSPS) is 12.6. The zero-order chi connectivity index (χ0) is 15.5. The summed E-state index contributed by atoms with van der Waals surface area (Å²) in [7, 11) is 3.41. The third-order valence-electron chi connectivity index (χ3n) is 3.30. The molecule has 2 N–H and O–H groups in total. The first kappa shape index (κ1) is 17.9. The monoisotopic (exact) mass is 296 g/mol. The van der Waals surface area contributed by atoms with Gasteiger partial charge < -0.3 is 19.9 Å². The van der Waals surface area contributed by atoms with E-state index in [1.807, 2.05) is 31.2 Å². The average Bonchev–Trinajstić information content (AvgIpc) is 2.50. The van der Waals surface area contributed by atoms with E-state index in [1.54, 1.807) is 14.2 Å². The largest absolute Gasteiger partial charge is 0.494 e. The lowest BCUT2D eigenvalue weighted by molar-refractivity contribution is 0.110. The Hall–Kier alpha value is -1.14. The summed E-state index contributed by atoms with van der Waals surface area (Å²) in [6, 6.07) is 7.86. The van der Waals surface area contributed by atoms with E-state index >= 15 is 0 Å². The Morgan fingerprint density at radius 3 is 2.29 bits per heavy atom. The van der Waals surface area contributed by atoms with Gasteiger partial charge in [-0.25, -0.2) is 0 Å². The van der Waals surface area contributed by atoms with Crippen molar-refractivity contribution in [1.29, 1.82) is 0 Å². The predicted molar refractivity (Wildman–Crippen MR) is 84.7 cm³/mol. The van der Waals surface area contributed by atoms with Crippen molar-refractivity contribution in [3.05, 3.63) is 29.8 Å². The summed E-state index contributed by atoms with van der Waals surface area (Å²) in [6.07, 6.45) is 0. The number of nitrogens with zero attached hydrogens (tertiary/aromatic N) is 1. The number of para-hydroxylation sites is 1. The van der Waals surface area contributed by atoms with E-state index in [-0.39, 0.29) is 6.04 Å². The van der Waals surface area contributed by atoms with Crippen LogP contribution in [-0.4, -0.2) is 58.6 Å². The van der Waals surface area contributed by atoms with Gasteiger partial charge in [0.05, 0.1) is 19.8 Å². The van der Waals surface area contributed by atoms with Gasteiger partial charge in [-0.2, -0.15) is 0 Å². The van der Waals surface area contributed by atoms with E-state index in [1.165, 1.54) is 0 Å². The summed E-state index contributed by atoms with van der Waals surface area (Å²) in [5, 5.41) is 0. The molecule has 0 amide bonds. The molecule has 0 fully saturated rings. The van der Waals surface area contributed by atoms with Crippen molar-refractivity contribution < 1.29 is 14.2 Å². The van der Waals surface area contributed by atoms with Crippen molar-refractivity contribution in [2.24, 2.45) is 5.73 Å². The van der Waals surface area contributed by atoms with E-state index in [0.717, 1.165) is 30.9 Å². The minimum atomic E-state index is -0.0959. The van der Waals surface area contributed by atoms with E-state index in [9.17, 15) is 0 Å². The molecule has 1 aromatic carbocycles. The van der Waals surface area contributed by atoms with Crippen LogP contribution in [0.15, 0.2) is 24.3 Å². The molecule has 0 aromatic heterocycles. The van der Waals surface area contributed by atoms with Gasteiger partial charge in [-0.1, -0.05) is 18.2 Å². The maximum absolute atomic E-state index is 6.37. The second kappa shape index (κ2) is 10.6. The summed E-state index contributed by atoms with van der Waals surface area (Å²) < 4.78 is 16.0. The molecule has 0 aliphatic carbocycles. The summed E-state index contributed by atoms with van der Waals surface area (Å²) in [5.74, 6) is 0.867. The SMILES string of the molecule is CCOc1ccccc1C(N)CN(CCOC)CCOC. The highest BCUT2D eigenvalue weighted by Crippen LogP contribution is 2.24. The first-order valence-electron chi connectivity index (χ1n) is 7.40. The smallest absolute Gasteiger partial charge is 0.124 e. The van der Waals surface area contributed by atoms with Gasteiger partial charge in [0.2, 0.25) is 0 Å². The number of methoxy groups -OCH3 is 2. The fourth-order valence-electron chi connectivity index (χ4n) is 2.19. The van der Waals surface area contributed by atoms with Crippen LogP contribution in [0.25, 0.3) is 0 Å². The quantitative estimate of drug-likeness (QED) is 0.673. The number of benzene rings is 1. The van der Waals surface area contributed by atoms with Gasteiger partial charge in [-0.05, 0) is 13.0 Å². The van der Waals surface area contributed by atoms with Crippen LogP contribution in [-0.2, 0) is 9.47 Å². The van der Waals surface area contributed by atoms with Crippen LogP contribution in [0.5, 0.6) is 5.75 Å². The molecule has 1 aromatic rings. The first-order valence-corrected chi connectivity index (χ1v) is 7.40. The first-order chi connectivity index (χ1) is 10.2. The predicted octanol–water partition coefficient (Wildman–Crippen LogP) is 1.68. The zero-order valence-electron chi connectivity index (χ0n) is 13.4. The van der Waals surface area contributed by atoms with Crippen LogP contribution in [0.3, 0.4) is 0 Å². The Bertz CT molecular complexity index is 380. The molecule has 0 saturated heterocycles. The lowest BCUT2D eigenvalue weighted by atomic mass is 10.1. The van der Waals surface area contributed by atoms with Gasteiger partial charge in [-0.15, -0.1) is 0 Å². The van der Waals surface area contributed by atoms with Crippen molar-refractivity contribution in [1.82, 2.24) is 4.90 Å². The molecule has 0 radical (unpaired) electrons. The van der Waals surface area contributed by atoms with Crippen molar-refractivity contribution >= 4 is 0 Å². The van der Waals surface area contributed by atoms with Crippen LogP contribution in [0.1, 0.15) is 18.5 Å². The number of hydrogen-bond acceptors (Lipinski definition) is 5. The third-order valence-corrected chi connectivity index (χ3v) is 3.30. The van der Waals surface area contributed by atoms with Crippen LogP contribution < -0.4 is 10.5 Å². The van der Waals surface area contributed by atoms with Gasteiger partial charge in [0.15, 0.2) is 0 Å². The Morgan fingerprint density at radius 1 is 1.10 bits per heavy atom. The number of hydrogen-bond donors (Lipinski definition) is 1.